The van der Waals surface area contributed by atoms with Crippen LogP contribution in [0.15, 0.2) is 0 Å². The molecule has 1 fully saturated rings. The fraction of sp³-hybridized carbons (Fsp3) is 1.00. The van der Waals surface area contributed by atoms with Crippen molar-refractivity contribution in [3.8, 4) is 0 Å². The lowest BCUT2D eigenvalue weighted by Crippen LogP contribution is -2.43. The Morgan fingerprint density at radius 1 is 0.944 bits per heavy atom. The molecule has 0 bridgehead atoms. The van der Waals surface area contributed by atoms with Gasteiger partial charge < -0.3 is 0 Å². The highest BCUT2D eigenvalue weighted by atomic mass is 19.3. The third-order valence-electron chi connectivity index (χ3n) is 4.51. The van der Waals surface area contributed by atoms with Gasteiger partial charge in [-0.1, -0.05) is 58.8 Å². The first-order valence-electron chi connectivity index (χ1n) is 7.99. The Bertz CT molecular complexity index is 213. The van der Waals surface area contributed by atoms with Gasteiger partial charge in [0.15, 0.2) is 0 Å². The van der Waals surface area contributed by atoms with Gasteiger partial charge in [0.05, 0.1) is 0 Å². The van der Waals surface area contributed by atoms with Crippen molar-refractivity contribution in [2.75, 3.05) is 0 Å². The van der Waals surface area contributed by atoms with Gasteiger partial charge >= 0.3 is 0 Å². The maximum absolute atomic E-state index is 13.5. The van der Waals surface area contributed by atoms with E-state index in [2.05, 4.69) is 13.8 Å². The van der Waals surface area contributed by atoms with E-state index in [1.165, 1.54) is 32.1 Å². The van der Waals surface area contributed by atoms with E-state index in [0.717, 1.165) is 32.1 Å². The maximum Gasteiger partial charge on any atom is 0.251 e. The lowest BCUT2D eigenvalue weighted by molar-refractivity contribution is -0.156. The zero-order chi connectivity index (χ0) is 13.4. The van der Waals surface area contributed by atoms with Gasteiger partial charge in [-0.25, -0.2) is 8.78 Å². The van der Waals surface area contributed by atoms with Gasteiger partial charge in [0.2, 0.25) is 0 Å². The largest absolute Gasteiger partial charge is 0.251 e. The van der Waals surface area contributed by atoms with Crippen LogP contribution in [0.3, 0.4) is 0 Å². The third-order valence-corrected chi connectivity index (χ3v) is 4.51. The summed E-state index contributed by atoms with van der Waals surface area (Å²) in [5.41, 5.74) is 0. The average Bonchev–Trinajstić information content (AvgIpc) is 2.33. The summed E-state index contributed by atoms with van der Waals surface area (Å²) < 4.78 is 27.1. The van der Waals surface area contributed by atoms with Crippen LogP contribution in [0.5, 0.6) is 0 Å². The van der Waals surface area contributed by atoms with Gasteiger partial charge in [-0.05, 0) is 25.2 Å². The van der Waals surface area contributed by atoms with Gasteiger partial charge in [0.25, 0.3) is 5.92 Å². The number of rotatable bonds is 10. The van der Waals surface area contributed by atoms with E-state index in [1.807, 2.05) is 0 Å². The second-order valence-electron chi connectivity index (χ2n) is 6.01. The smallest absolute Gasteiger partial charge is 0.207 e. The molecule has 0 spiro atoms. The van der Waals surface area contributed by atoms with E-state index in [0.29, 0.717) is 0 Å². The van der Waals surface area contributed by atoms with E-state index in [-0.39, 0.29) is 18.3 Å². The molecule has 1 saturated carbocycles. The summed E-state index contributed by atoms with van der Waals surface area (Å²) in [6, 6.07) is 0. The van der Waals surface area contributed by atoms with E-state index in [9.17, 15) is 8.78 Å². The van der Waals surface area contributed by atoms with Crippen LogP contribution in [0.25, 0.3) is 0 Å². The van der Waals surface area contributed by atoms with Crippen molar-refractivity contribution in [3.05, 3.63) is 0 Å². The molecule has 0 aliphatic heterocycles. The van der Waals surface area contributed by atoms with E-state index in [4.69, 9.17) is 0 Å². The van der Waals surface area contributed by atoms with Crippen molar-refractivity contribution in [3.63, 3.8) is 0 Å². The first kappa shape index (κ1) is 15.9. The Kier molecular flexibility index (Phi) is 7.18. The Balaban J connectivity index is 2.32. The normalized spacial score (nSPS) is 23.7. The number of unbranched alkanes of at least 4 members (excludes halogenated alkanes) is 5. The van der Waals surface area contributed by atoms with Gasteiger partial charge in [-0.15, -0.1) is 0 Å². The van der Waals surface area contributed by atoms with Crippen molar-refractivity contribution in [2.24, 2.45) is 11.8 Å². The summed E-state index contributed by atoms with van der Waals surface area (Å²) in [7, 11) is 0. The Labute approximate surface area is 112 Å². The highest BCUT2D eigenvalue weighted by Crippen LogP contribution is 2.50. The van der Waals surface area contributed by atoms with E-state index in [1.54, 1.807) is 0 Å². The quantitative estimate of drug-likeness (QED) is 0.410. The van der Waals surface area contributed by atoms with E-state index < -0.39 is 5.92 Å². The van der Waals surface area contributed by atoms with Crippen molar-refractivity contribution in [2.45, 2.75) is 90.4 Å². The molecule has 18 heavy (non-hydrogen) atoms. The second-order valence-corrected chi connectivity index (χ2v) is 6.01. The molecule has 1 aliphatic rings. The second kappa shape index (κ2) is 8.12. The molecule has 0 N–H and O–H groups in total. The average molecular weight is 260 g/mol. The van der Waals surface area contributed by atoms with Crippen molar-refractivity contribution in [1.82, 2.24) is 0 Å². The molecule has 108 valence electrons. The van der Waals surface area contributed by atoms with Crippen LogP contribution in [-0.2, 0) is 0 Å². The molecule has 1 rings (SSSR count). The highest BCUT2D eigenvalue weighted by Gasteiger charge is 2.51. The number of hydrogen-bond donors (Lipinski definition) is 0. The molecule has 0 aromatic rings. The Morgan fingerprint density at radius 3 is 1.94 bits per heavy atom. The van der Waals surface area contributed by atoms with Crippen LogP contribution in [0, 0.1) is 11.8 Å². The van der Waals surface area contributed by atoms with Crippen LogP contribution < -0.4 is 0 Å². The fourth-order valence-electron chi connectivity index (χ4n) is 3.15. The summed E-state index contributed by atoms with van der Waals surface area (Å²) in [6.45, 7) is 4.37. The predicted octanol–water partition coefficient (Wildman–Crippen LogP) is 6.20. The van der Waals surface area contributed by atoms with Crippen LogP contribution in [0.2, 0.25) is 0 Å². The summed E-state index contributed by atoms with van der Waals surface area (Å²) in [5.74, 6) is -2.35. The topological polar surface area (TPSA) is 0 Å². The molecule has 0 aromatic heterocycles. The van der Waals surface area contributed by atoms with Crippen LogP contribution in [-0.4, -0.2) is 5.92 Å². The number of alkyl halides is 2. The van der Waals surface area contributed by atoms with Crippen molar-refractivity contribution in [1.29, 1.82) is 0 Å². The first-order valence-corrected chi connectivity index (χ1v) is 7.99. The molecular weight excluding hydrogens is 230 g/mol. The molecule has 2 unspecified atom stereocenters. The zero-order valence-corrected chi connectivity index (χ0v) is 12.2. The lowest BCUT2D eigenvalue weighted by Gasteiger charge is -2.42. The molecule has 0 saturated heterocycles. The standard InChI is InChI=1S/C16H30F2/c1-3-5-7-9-11-14(10-8-6-4-2)15-12-13-16(15,17)18/h14-15H,3-13H2,1-2H3. The minimum Gasteiger partial charge on any atom is -0.207 e. The Morgan fingerprint density at radius 2 is 1.50 bits per heavy atom. The number of hydrogen-bond acceptors (Lipinski definition) is 0. The fourth-order valence-corrected chi connectivity index (χ4v) is 3.15. The molecule has 0 heterocycles. The summed E-state index contributed by atoms with van der Waals surface area (Å²) in [4.78, 5) is 0. The van der Waals surface area contributed by atoms with Gasteiger partial charge in [-0.2, -0.15) is 0 Å². The van der Waals surface area contributed by atoms with Crippen molar-refractivity contribution < 1.29 is 8.78 Å². The van der Waals surface area contributed by atoms with Gasteiger partial charge in [0, 0.05) is 12.3 Å². The van der Waals surface area contributed by atoms with E-state index >= 15 is 0 Å². The van der Waals surface area contributed by atoms with Crippen molar-refractivity contribution >= 4 is 0 Å². The van der Waals surface area contributed by atoms with Gasteiger partial charge in [0.1, 0.15) is 0 Å². The minimum atomic E-state index is -2.35. The summed E-state index contributed by atoms with van der Waals surface area (Å²) >= 11 is 0. The minimum absolute atomic E-state index is 0.136. The highest BCUT2D eigenvalue weighted by molar-refractivity contribution is 4.92. The summed E-state index contributed by atoms with van der Waals surface area (Å²) in [6.07, 6.45) is 11.3. The molecule has 0 amide bonds. The molecule has 2 atom stereocenters. The molecule has 0 aromatic carbocycles. The van der Waals surface area contributed by atoms with Crippen LogP contribution >= 0.6 is 0 Å². The zero-order valence-electron chi connectivity index (χ0n) is 12.2. The molecule has 1 aliphatic carbocycles. The molecule has 2 heteroatoms. The molecule has 0 nitrogen and oxygen atoms in total. The lowest BCUT2D eigenvalue weighted by atomic mass is 9.69. The van der Waals surface area contributed by atoms with Crippen LogP contribution in [0.1, 0.15) is 84.5 Å². The summed E-state index contributed by atoms with van der Waals surface area (Å²) in [5, 5.41) is 0. The van der Waals surface area contributed by atoms with Gasteiger partial charge in [-0.3, -0.25) is 0 Å². The monoisotopic (exact) mass is 260 g/mol. The SMILES string of the molecule is CCCCCCC(CCCCC)C1CCC1(F)F. The maximum atomic E-state index is 13.5. The Hall–Kier alpha value is -0.140. The first-order chi connectivity index (χ1) is 8.61. The molecule has 0 radical (unpaired) electrons. The molecular formula is C16H30F2. The van der Waals surface area contributed by atoms with Crippen LogP contribution in [0.4, 0.5) is 8.78 Å². The third kappa shape index (κ3) is 4.85. The predicted molar refractivity (Wildman–Crippen MR) is 74.1 cm³/mol. The number of halogens is 2.